The van der Waals surface area contributed by atoms with Gasteiger partial charge >= 0.3 is 0 Å². The van der Waals surface area contributed by atoms with Crippen molar-refractivity contribution in [1.82, 2.24) is 5.32 Å². The summed E-state index contributed by atoms with van der Waals surface area (Å²) in [7, 11) is 0. The van der Waals surface area contributed by atoms with Crippen LogP contribution in [0.2, 0.25) is 0 Å². The molecule has 1 unspecified atom stereocenters. The molecule has 0 aliphatic carbocycles. The topological polar surface area (TPSA) is 12.0 Å². The summed E-state index contributed by atoms with van der Waals surface area (Å²) in [5.41, 5.74) is 5.06. The van der Waals surface area contributed by atoms with Gasteiger partial charge < -0.3 is 5.32 Å². The van der Waals surface area contributed by atoms with Crippen LogP contribution in [0.1, 0.15) is 35.2 Å². The molecule has 0 saturated carbocycles. The molecule has 1 nitrogen and oxygen atoms in total. The van der Waals surface area contributed by atoms with Gasteiger partial charge in [-0.1, -0.05) is 42.3 Å². The van der Waals surface area contributed by atoms with Crippen LogP contribution in [-0.4, -0.2) is 6.54 Å². The second kappa shape index (κ2) is 7.36. The molecule has 0 fully saturated rings. The fraction of sp³-hybridized carbons (Fsp3) is 0.333. The van der Waals surface area contributed by atoms with Crippen LogP contribution >= 0.6 is 22.6 Å². The molecule has 0 heterocycles. The Morgan fingerprint density at radius 2 is 1.76 bits per heavy atom. The van der Waals surface area contributed by atoms with Gasteiger partial charge in [0, 0.05) is 9.61 Å². The monoisotopic (exact) mass is 397 g/mol. The average Bonchev–Trinajstić information content (AvgIpc) is 2.37. The van der Waals surface area contributed by atoms with Gasteiger partial charge in [0.25, 0.3) is 0 Å². The summed E-state index contributed by atoms with van der Waals surface area (Å²) < 4.78 is 14.3. The molecule has 2 aromatic rings. The Morgan fingerprint density at radius 3 is 2.33 bits per heavy atom. The molecule has 0 aliphatic heterocycles. The summed E-state index contributed by atoms with van der Waals surface area (Å²) in [5, 5.41) is 3.52. The number of aryl methyl sites for hydroxylation is 2. The van der Waals surface area contributed by atoms with Crippen LogP contribution in [0.4, 0.5) is 4.39 Å². The number of hydrogen-bond donors (Lipinski definition) is 1. The van der Waals surface area contributed by atoms with Crippen molar-refractivity contribution in [2.24, 2.45) is 0 Å². The van der Waals surface area contributed by atoms with Crippen LogP contribution in [0, 0.1) is 23.2 Å². The molecule has 0 bridgehead atoms. The summed E-state index contributed by atoms with van der Waals surface area (Å²) >= 11 is 2.22. The first kappa shape index (κ1) is 16.4. The second-order valence-electron chi connectivity index (χ2n) is 5.48. The van der Waals surface area contributed by atoms with Crippen molar-refractivity contribution in [3.63, 3.8) is 0 Å². The lowest BCUT2D eigenvalue weighted by atomic mass is 9.96. The first-order valence-corrected chi connectivity index (χ1v) is 8.33. The van der Waals surface area contributed by atoms with Crippen LogP contribution in [-0.2, 0) is 6.42 Å². The quantitative estimate of drug-likeness (QED) is 0.705. The van der Waals surface area contributed by atoms with Crippen LogP contribution in [0.25, 0.3) is 0 Å². The van der Waals surface area contributed by atoms with E-state index in [4.69, 9.17) is 0 Å². The van der Waals surface area contributed by atoms with E-state index in [2.05, 4.69) is 66.9 Å². The number of likely N-dealkylation sites (N-methyl/N-ethyl adjacent to an activating group) is 1. The molecule has 0 saturated heterocycles. The second-order valence-corrected chi connectivity index (χ2v) is 6.64. The first-order chi connectivity index (χ1) is 9.99. The molecule has 2 rings (SSSR count). The van der Waals surface area contributed by atoms with Crippen molar-refractivity contribution in [3.05, 3.63) is 68.0 Å². The molecule has 1 atom stereocenters. The lowest BCUT2D eigenvalue weighted by Gasteiger charge is -2.20. The third-order valence-electron chi connectivity index (χ3n) is 3.51. The van der Waals surface area contributed by atoms with E-state index in [-0.39, 0.29) is 11.9 Å². The van der Waals surface area contributed by atoms with Gasteiger partial charge in [-0.15, -0.1) is 0 Å². The molecule has 0 aromatic heterocycles. The standard InChI is InChI=1S/C18H21FIN/c1-4-21-18(16-6-5-15(19)11-17(16)20)10-14-8-12(2)7-13(3)9-14/h5-9,11,18,21H,4,10H2,1-3H3. The third kappa shape index (κ3) is 4.51. The molecule has 112 valence electrons. The zero-order chi connectivity index (χ0) is 15.4. The minimum atomic E-state index is -0.176. The van der Waals surface area contributed by atoms with Crippen molar-refractivity contribution in [2.45, 2.75) is 33.2 Å². The fourth-order valence-electron chi connectivity index (χ4n) is 2.75. The summed E-state index contributed by atoms with van der Waals surface area (Å²) in [5.74, 6) is -0.176. The van der Waals surface area contributed by atoms with Gasteiger partial charge in [-0.25, -0.2) is 4.39 Å². The number of rotatable bonds is 5. The molecule has 0 aliphatic rings. The van der Waals surface area contributed by atoms with E-state index < -0.39 is 0 Å². The van der Waals surface area contributed by atoms with Gasteiger partial charge in [0.15, 0.2) is 0 Å². The van der Waals surface area contributed by atoms with Crippen molar-refractivity contribution in [1.29, 1.82) is 0 Å². The molecular weight excluding hydrogens is 376 g/mol. The van der Waals surface area contributed by atoms with E-state index in [0.717, 1.165) is 22.1 Å². The lowest BCUT2D eigenvalue weighted by Crippen LogP contribution is -2.24. The maximum atomic E-state index is 13.3. The third-order valence-corrected chi connectivity index (χ3v) is 4.44. The van der Waals surface area contributed by atoms with E-state index in [9.17, 15) is 4.39 Å². The molecule has 0 spiro atoms. The Balaban J connectivity index is 2.30. The number of nitrogens with one attached hydrogen (secondary N) is 1. The Hall–Kier alpha value is -0.940. The van der Waals surface area contributed by atoms with E-state index in [1.54, 1.807) is 12.1 Å². The zero-order valence-electron chi connectivity index (χ0n) is 12.7. The lowest BCUT2D eigenvalue weighted by molar-refractivity contribution is 0.544. The maximum Gasteiger partial charge on any atom is 0.124 e. The highest BCUT2D eigenvalue weighted by molar-refractivity contribution is 14.1. The Bertz CT molecular complexity index is 604. The van der Waals surface area contributed by atoms with Crippen molar-refractivity contribution >= 4 is 22.6 Å². The van der Waals surface area contributed by atoms with Crippen molar-refractivity contribution in [2.75, 3.05) is 6.54 Å². The van der Waals surface area contributed by atoms with Crippen molar-refractivity contribution < 1.29 is 4.39 Å². The Morgan fingerprint density at radius 1 is 1.10 bits per heavy atom. The molecule has 21 heavy (non-hydrogen) atoms. The number of hydrogen-bond acceptors (Lipinski definition) is 1. The predicted molar refractivity (Wildman–Crippen MR) is 95.2 cm³/mol. The van der Waals surface area contributed by atoms with E-state index in [1.807, 2.05) is 6.07 Å². The maximum absolute atomic E-state index is 13.3. The van der Waals surface area contributed by atoms with Crippen LogP contribution in [0.5, 0.6) is 0 Å². The van der Waals surface area contributed by atoms with Crippen molar-refractivity contribution in [3.8, 4) is 0 Å². The van der Waals surface area contributed by atoms with Crippen LogP contribution in [0.3, 0.4) is 0 Å². The predicted octanol–water partition coefficient (Wildman–Crippen LogP) is 4.94. The van der Waals surface area contributed by atoms with E-state index >= 15 is 0 Å². The number of benzene rings is 2. The van der Waals surface area contributed by atoms with Crippen LogP contribution < -0.4 is 5.32 Å². The van der Waals surface area contributed by atoms with Gasteiger partial charge in [0.2, 0.25) is 0 Å². The molecule has 2 aromatic carbocycles. The van der Waals surface area contributed by atoms with Crippen LogP contribution in [0.15, 0.2) is 36.4 Å². The van der Waals surface area contributed by atoms with E-state index in [1.165, 1.54) is 16.7 Å². The molecule has 1 N–H and O–H groups in total. The first-order valence-electron chi connectivity index (χ1n) is 7.25. The largest absolute Gasteiger partial charge is 0.310 e. The molecular formula is C18H21FIN. The number of halogens is 2. The fourth-order valence-corrected chi connectivity index (χ4v) is 3.60. The van der Waals surface area contributed by atoms with Gasteiger partial charge in [-0.3, -0.25) is 0 Å². The highest BCUT2D eigenvalue weighted by Gasteiger charge is 2.15. The normalized spacial score (nSPS) is 12.4. The highest BCUT2D eigenvalue weighted by atomic mass is 127. The minimum Gasteiger partial charge on any atom is -0.310 e. The molecule has 0 amide bonds. The minimum absolute atomic E-state index is 0.176. The molecule has 3 heteroatoms. The molecule has 0 radical (unpaired) electrons. The zero-order valence-corrected chi connectivity index (χ0v) is 14.9. The van der Waals surface area contributed by atoms with Gasteiger partial charge in [0.05, 0.1) is 0 Å². The SMILES string of the molecule is CCNC(Cc1cc(C)cc(C)c1)c1ccc(F)cc1I. The Labute approximate surface area is 140 Å². The summed E-state index contributed by atoms with van der Waals surface area (Å²) in [6, 6.07) is 11.9. The summed E-state index contributed by atoms with van der Waals surface area (Å²) in [4.78, 5) is 0. The summed E-state index contributed by atoms with van der Waals surface area (Å²) in [6.45, 7) is 7.24. The smallest absolute Gasteiger partial charge is 0.124 e. The van der Waals surface area contributed by atoms with Gasteiger partial charge in [-0.05, 0) is 72.7 Å². The van der Waals surface area contributed by atoms with Gasteiger partial charge in [-0.2, -0.15) is 0 Å². The Kier molecular flexibility index (Phi) is 5.76. The average molecular weight is 397 g/mol. The summed E-state index contributed by atoms with van der Waals surface area (Å²) in [6.07, 6.45) is 0.915. The van der Waals surface area contributed by atoms with Gasteiger partial charge in [0.1, 0.15) is 5.82 Å². The highest BCUT2D eigenvalue weighted by Crippen LogP contribution is 2.25. The van der Waals surface area contributed by atoms with E-state index in [0.29, 0.717) is 0 Å².